The van der Waals surface area contributed by atoms with Gasteiger partial charge in [-0.3, -0.25) is 25.2 Å². The molecule has 8 heteroatoms. The molecule has 2 aromatic heterocycles. The quantitative estimate of drug-likeness (QED) is 0.695. The van der Waals surface area contributed by atoms with Crippen LogP contribution in [0.15, 0.2) is 45.6 Å². The summed E-state index contributed by atoms with van der Waals surface area (Å²) in [4.78, 5) is 36.1. The summed E-state index contributed by atoms with van der Waals surface area (Å²) < 4.78 is 6.75. The Balaban J connectivity index is 1.72. The van der Waals surface area contributed by atoms with Gasteiger partial charge in [-0.25, -0.2) is 4.68 Å². The third-order valence-corrected chi connectivity index (χ3v) is 3.87. The summed E-state index contributed by atoms with van der Waals surface area (Å²) >= 11 is 0. The smallest absolute Gasteiger partial charge is 0.305 e. The van der Waals surface area contributed by atoms with Crippen LogP contribution in [0.25, 0.3) is 11.0 Å². The van der Waals surface area contributed by atoms with Crippen molar-refractivity contribution >= 4 is 22.8 Å². The van der Waals surface area contributed by atoms with Gasteiger partial charge in [0.15, 0.2) is 11.5 Å². The number of fused-ring (bicyclic) bond motifs is 1. The highest BCUT2D eigenvalue weighted by Crippen LogP contribution is 2.24. The van der Waals surface area contributed by atoms with Crippen LogP contribution in [-0.4, -0.2) is 21.6 Å². The summed E-state index contributed by atoms with van der Waals surface area (Å²) in [6.45, 7) is 4.08. The molecule has 0 spiro atoms. The Morgan fingerprint density at radius 1 is 1.12 bits per heavy atom. The van der Waals surface area contributed by atoms with E-state index in [1.807, 2.05) is 25.1 Å². The van der Waals surface area contributed by atoms with Crippen LogP contribution >= 0.6 is 0 Å². The molecule has 0 aliphatic heterocycles. The first kappa shape index (κ1) is 17.4. The number of nitrogens with one attached hydrogen (secondary N) is 2. The number of aromatic nitrogens is 2. The van der Waals surface area contributed by atoms with Crippen LogP contribution < -0.4 is 16.4 Å². The van der Waals surface area contributed by atoms with Crippen molar-refractivity contribution < 1.29 is 14.0 Å². The average Bonchev–Trinajstić information content (AvgIpc) is 2.98. The molecule has 0 unspecified atom stereocenters. The lowest BCUT2D eigenvalue weighted by molar-refractivity contribution is 0.0828. The van der Waals surface area contributed by atoms with Gasteiger partial charge in [0.1, 0.15) is 5.58 Å². The van der Waals surface area contributed by atoms with E-state index < -0.39 is 11.8 Å². The standard InChI is InChI=1S/C18H18N4O4/c1-3-10-22-15(23)9-8-13(21-22)17(24)19-20-18(25)16-11(2)12-6-4-5-7-14(12)26-16/h4-9H,3,10H2,1-2H3,(H,19,24)(H,20,25). The van der Waals surface area contributed by atoms with Crippen LogP contribution in [0.3, 0.4) is 0 Å². The number of para-hydroxylation sites is 1. The SMILES string of the molecule is CCCn1nc(C(=O)NNC(=O)c2oc3ccccc3c2C)ccc1=O. The van der Waals surface area contributed by atoms with E-state index in [1.165, 1.54) is 16.8 Å². The number of hydrogen-bond acceptors (Lipinski definition) is 5. The van der Waals surface area contributed by atoms with Gasteiger partial charge in [0.25, 0.3) is 11.5 Å². The Labute approximate surface area is 148 Å². The molecule has 0 bridgehead atoms. The summed E-state index contributed by atoms with van der Waals surface area (Å²) in [6, 6.07) is 9.85. The van der Waals surface area contributed by atoms with Crippen molar-refractivity contribution in [3.63, 3.8) is 0 Å². The Morgan fingerprint density at radius 2 is 1.85 bits per heavy atom. The van der Waals surface area contributed by atoms with Crippen molar-refractivity contribution in [2.24, 2.45) is 0 Å². The Morgan fingerprint density at radius 3 is 2.58 bits per heavy atom. The molecule has 2 heterocycles. The van der Waals surface area contributed by atoms with Gasteiger partial charge >= 0.3 is 5.91 Å². The fourth-order valence-corrected chi connectivity index (χ4v) is 2.57. The van der Waals surface area contributed by atoms with Crippen LogP contribution in [-0.2, 0) is 6.54 Å². The number of amides is 2. The largest absolute Gasteiger partial charge is 0.451 e. The zero-order chi connectivity index (χ0) is 18.7. The van der Waals surface area contributed by atoms with Crippen LogP contribution in [0.5, 0.6) is 0 Å². The molecule has 3 aromatic rings. The average molecular weight is 354 g/mol. The number of furan rings is 1. The van der Waals surface area contributed by atoms with E-state index in [2.05, 4.69) is 16.0 Å². The minimum Gasteiger partial charge on any atom is -0.451 e. The number of aryl methyl sites for hydroxylation is 2. The first-order chi connectivity index (χ1) is 12.5. The molecular weight excluding hydrogens is 336 g/mol. The third-order valence-electron chi connectivity index (χ3n) is 3.87. The second-order valence-corrected chi connectivity index (χ2v) is 5.74. The highest BCUT2D eigenvalue weighted by atomic mass is 16.3. The molecule has 2 N–H and O–H groups in total. The number of hydrogen-bond donors (Lipinski definition) is 2. The van der Waals surface area contributed by atoms with E-state index in [0.29, 0.717) is 24.1 Å². The predicted octanol–water partition coefficient (Wildman–Crippen LogP) is 1.78. The number of rotatable bonds is 4. The van der Waals surface area contributed by atoms with E-state index in [0.717, 1.165) is 5.39 Å². The molecule has 0 atom stereocenters. The second-order valence-electron chi connectivity index (χ2n) is 5.74. The minimum atomic E-state index is -0.628. The molecule has 0 aliphatic carbocycles. The summed E-state index contributed by atoms with van der Waals surface area (Å²) in [6.07, 6.45) is 0.708. The molecule has 0 saturated heterocycles. The van der Waals surface area contributed by atoms with Gasteiger partial charge in [-0.1, -0.05) is 25.1 Å². The van der Waals surface area contributed by atoms with Crippen molar-refractivity contribution in [1.82, 2.24) is 20.6 Å². The maximum atomic E-state index is 12.3. The number of hydrazine groups is 1. The number of nitrogens with zero attached hydrogens (tertiary/aromatic N) is 2. The fraction of sp³-hybridized carbons (Fsp3) is 0.222. The molecule has 0 radical (unpaired) electrons. The second kappa shape index (κ2) is 7.22. The molecule has 0 fully saturated rings. The van der Waals surface area contributed by atoms with Gasteiger partial charge < -0.3 is 4.42 Å². The number of carbonyl (C=O) groups is 2. The molecular formula is C18H18N4O4. The monoisotopic (exact) mass is 354 g/mol. The van der Waals surface area contributed by atoms with Gasteiger partial charge in [-0.05, 0) is 25.5 Å². The van der Waals surface area contributed by atoms with Gasteiger partial charge in [-0.2, -0.15) is 5.10 Å². The van der Waals surface area contributed by atoms with Crippen LogP contribution in [0.2, 0.25) is 0 Å². The van der Waals surface area contributed by atoms with Crippen molar-refractivity contribution in [2.45, 2.75) is 26.8 Å². The van der Waals surface area contributed by atoms with Gasteiger partial charge in [-0.15, -0.1) is 0 Å². The molecule has 26 heavy (non-hydrogen) atoms. The van der Waals surface area contributed by atoms with Crippen molar-refractivity contribution in [1.29, 1.82) is 0 Å². The maximum absolute atomic E-state index is 12.3. The van der Waals surface area contributed by atoms with Crippen molar-refractivity contribution in [3.8, 4) is 0 Å². The van der Waals surface area contributed by atoms with Crippen LogP contribution in [0, 0.1) is 6.92 Å². The maximum Gasteiger partial charge on any atom is 0.305 e. The third kappa shape index (κ3) is 3.34. The Hall–Kier alpha value is -3.42. The zero-order valence-corrected chi connectivity index (χ0v) is 14.4. The van der Waals surface area contributed by atoms with Crippen LogP contribution in [0.4, 0.5) is 0 Å². The molecule has 3 rings (SSSR count). The lowest BCUT2D eigenvalue weighted by Gasteiger charge is -2.07. The molecule has 8 nitrogen and oxygen atoms in total. The van der Waals surface area contributed by atoms with E-state index in [-0.39, 0.29) is 17.0 Å². The van der Waals surface area contributed by atoms with Crippen molar-refractivity contribution in [3.05, 3.63) is 63.8 Å². The molecule has 1 aromatic carbocycles. The topological polar surface area (TPSA) is 106 Å². The van der Waals surface area contributed by atoms with Gasteiger partial charge in [0, 0.05) is 23.6 Å². The predicted molar refractivity (Wildman–Crippen MR) is 94.7 cm³/mol. The Kier molecular flexibility index (Phi) is 4.83. The minimum absolute atomic E-state index is 0.0275. The summed E-state index contributed by atoms with van der Waals surface area (Å²) in [7, 11) is 0. The normalized spacial score (nSPS) is 10.7. The van der Waals surface area contributed by atoms with E-state index in [9.17, 15) is 14.4 Å². The van der Waals surface area contributed by atoms with E-state index in [4.69, 9.17) is 4.42 Å². The molecule has 0 saturated carbocycles. The summed E-state index contributed by atoms with van der Waals surface area (Å²) in [5.74, 6) is -1.08. The van der Waals surface area contributed by atoms with E-state index in [1.54, 1.807) is 13.0 Å². The highest BCUT2D eigenvalue weighted by Gasteiger charge is 2.18. The fourth-order valence-electron chi connectivity index (χ4n) is 2.57. The van der Waals surface area contributed by atoms with E-state index >= 15 is 0 Å². The van der Waals surface area contributed by atoms with Crippen LogP contribution in [0.1, 0.15) is 40.0 Å². The lowest BCUT2D eigenvalue weighted by Crippen LogP contribution is -2.42. The number of carbonyl (C=O) groups excluding carboxylic acids is 2. The Bertz CT molecular complexity index is 1040. The summed E-state index contributed by atoms with van der Waals surface area (Å²) in [5.41, 5.74) is 5.60. The number of benzene rings is 1. The molecule has 0 aliphatic rings. The highest BCUT2D eigenvalue weighted by molar-refractivity contribution is 6.00. The molecule has 134 valence electrons. The first-order valence-electron chi connectivity index (χ1n) is 8.18. The first-order valence-corrected chi connectivity index (χ1v) is 8.18. The lowest BCUT2D eigenvalue weighted by atomic mass is 10.1. The van der Waals surface area contributed by atoms with Crippen molar-refractivity contribution in [2.75, 3.05) is 0 Å². The zero-order valence-electron chi connectivity index (χ0n) is 14.4. The summed E-state index contributed by atoms with van der Waals surface area (Å²) in [5, 5.41) is 4.81. The molecule has 2 amide bonds. The van der Waals surface area contributed by atoms with Gasteiger partial charge in [0.05, 0.1) is 0 Å². The van der Waals surface area contributed by atoms with Gasteiger partial charge in [0.2, 0.25) is 0 Å².